The summed E-state index contributed by atoms with van der Waals surface area (Å²) in [5.74, 6) is -0.767. The van der Waals surface area contributed by atoms with Gasteiger partial charge in [-0.25, -0.2) is 19.3 Å². The van der Waals surface area contributed by atoms with E-state index in [1.807, 2.05) is 18.3 Å². The minimum absolute atomic E-state index is 0. The molecule has 4 aromatic rings. The number of hydrogen-bond donors (Lipinski definition) is 1. The number of carbonyl (C=O) groups is 1. The van der Waals surface area contributed by atoms with Crippen LogP contribution in [0.5, 0.6) is 0 Å². The second kappa shape index (κ2) is 13.3. The monoisotopic (exact) mass is 697 g/mol. The lowest BCUT2D eigenvalue weighted by Crippen LogP contribution is -3.00. The van der Waals surface area contributed by atoms with Crippen molar-refractivity contribution in [1.29, 1.82) is 5.26 Å². The number of nitrogens with one attached hydrogen (secondary N) is 1. The maximum absolute atomic E-state index is 13.6. The molecule has 0 spiro atoms. The first-order valence-corrected chi connectivity index (χ1v) is 14.1. The molecule has 14 heteroatoms. The van der Waals surface area contributed by atoms with Crippen LogP contribution < -0.4 is 32.1 Å². The Bertz CT molecular complexity index is 1880. The number of nitriles is 1. The number of pyridine rings is 1. The quantitative estimate of drug-likeness (QED) is 0.222. The van der Waals surface area contributed by atoms with Crippen LogP contribution in [0, 0.1) is 11.3 Å². The third-order valence-corrected chi connectivity index (χ3v) is 8.05. The van der Waals surface area contributed by atoms with E-state index in [0.29, 0.717) is 35.0 Å². The van der Waals surface area contributed by atoms with Gasteiger partial charge in [-0.05, 0) is 60.9 Å². The van der Waals surface area contributed by atoms with Crippen LogP contribution in [0.3, 0.4) is 0 Å². The predicted molar refractivity (Wildman–Crippen MR) is 162 cm³/mol. The maximum Gasteiger partial charge on any atom is 0.416 e. The molecule has 2 aromatic heterocycles. The molecular weight excluding hydrogens is 667 g/mol. The lowest BCUT2D eigenvalue weighted by atomic mass is 9.88. The van der Waals surface area contributed by atoms with Gasteiger partial charge in [-0.3, -0.25) is 14.4 Å². The third kappa shape index (κ3) is 6.47. The van der Waals surface area contributed by atoms with E-state index in [0.717, 1.165) is 23.4 Å². The van der Waals surface area contributed by atoms with Gasteiger partial charge in [-0.1, -0.05) is 12.1 Å². The molecule has 1 atom stereocenters. The van der Waals surface area contributed by atoms with Crippen LogP contribution in [-0.2, 0) is 22.1 Å². The largest absolute Gasteiger partial charge is 1.00 e. The molecule has 0 bridgehead atoms. The van der Waals surface area contributed by atoms with Gasteiger partial charge in [0.25, 0.3) is 0 Å². The fraction of sp³-hybridized carbons (Fsp3) is 0.281. The molecule has 1 aliphatic heterocycles. The normalized spacial score (nSPS) is 14.7. The second-order valence-electron chi connectivity index (χ2n) is 11.2. The van der Waals surface area contributed by atoms with Gasteiger partial charge in [0.2, 0.25) is 5.95 Å². The number of aromatic nitrogens is 4. The first-order valence-electron chi connectivity index (χ1n) is 14.1. The van der Waals surface area contributed by atoms with E-state index >= 15 is 0 Å². The number of alkyl halides is 3. The van der Waals surface area contributed by atoms with Gasteiger partial charge in [0.05, 0.1) is 56.7 Å². The number of ether oxygens (including phenoxy) is 1. The molecule has 0 unspecified atom stereocenters. The van der Waals surface area contributed by atoms with Crippen LogP contribution in [0.2, 0.25) is 0 Å². The molecule has 0 saturated heterocycles. The summed E-state index contributed by atoms with van der Waals surface area (Å²) in [6, 6.07) is 14.6. The SMILES string of the molecule is COC(=O)C1=C(C)N(c2cccc(C(F)(F)F)c2)c2n[nH]c(=O)n2[C@@H]1c1ccc(C#N)cc1CCC[N+](C)(C)c1cccnc1.[Br-]. The van der Waals surface area contributed by atoms with Gasteiger partial charge in [-0.2, -0.15) is 18.4 Å². The summed E-state index contributed by atoms with van der Waals surface area (Å²) >= 11 is 0. The van der Waals surface area contributed by atoms with Gasteiger partial charge in [0.1, 0.15) is 6.04 Å². The highest BCUT2D eigenvalue weighted by molar-refractivity contribution is 5.93. The first-order chi connectivity index (χ1) is 21.4. The molecule has 0 aliphatic carbocycles. The number of esters is 1. The van der Waals surface area contributed by atoms with Crippen molar-refractivity contribution in [1.82, 2.24) is 24.2 Å². The van der Waals surface area contributed by atoms with Crippen molar-refractivity contribution in [2.24, 2.45) is 0 Å². The van der Waals surface area contributed by atoms with Crippen molar-refractivity contribution in [3.05, 3.63) is 111 Å². The number of fused-ring (bicyclic) bond motifs is 1. The highest BCUT2D eigenvalue weighted by atomic mass is 79.9. The average molecular weight is 699 g/mol. The summed E-state index contributed by atoms with van der Waals surface area (Å²) in [6.45, 7) is 2.28. The molecule has 2 aromatic carbocycles. The molecule has 1 aliphatic rings. The summed E-state index contributed by atoms with van der Waals surface area (Å²) in [7, 11) is 5.32. The number of rotatable bonds is 8. The Hall–Kier alpha value is -4.74. The van der Waals surface area contributed by atoms with E-state index in [4.69, 9.17) is 4.74 Å². The minimum Gasteiger partial charge on any atom is -1.00 e. The van der Waals surface area contributed by atoms with Gasteiger partial charge in [0.15, 0.2) is 5.69 Å². The van der Waals surface area contributed by atoms with E-state index in [1.165, 1.54) is 28.7 Å². The van der Waals surface area contributed by atoms with E-state index in [1.54, 1.807) is 31.3 Å². The van der Waals surface area contributed by atoms with Gasteiger partial charge in [-0.15, -0.1) is 5.10 Å². The Labute approximate surface area is 273 Å². The fourth-order valence-electron chi connectivity index (χ4n) is 5.74. The zero-order chi connectivity index (χ0) is 32.5. The summed E-state index contributed by atoms with van der Waals surface area (Å²) in [5.41, 5.74) is 1.47. The van der Waals surface area contributed by atoms with Crippen LogP contribution in [0.25, 0.3) is 0 Å². The lowest BCUT2D eigenvalue weighted by Gasteiger charge is -2.36. The summed E-state index contributed by atoms with van der Waals surface area (Å²) < 4.78 is 47.9. The van der Waals surface area contributed by atoms with Crippen molar-refractivity contribution in [3.63, 3.8) is 0 Å². The average Bonchev–Trinajstić information content (AvgIpc) is 3.40. The Morgan fingerprint density at radius 3 is 2.57 bits per heavy atom. The predicted octanol–water partition coefficient (Wildman–Crippen LogP) is 2.25. The Kier molecular flexibility index (Phi) is 9.88. The van der Waals surface area contributed by atoms with Crippen molar-refractivity contribution in [2.45, 2.75) is 32.0 Å². The number of anilines is 2. The third-order valence-electron chi connectivity index (χ3n) is 8.05. The molecular formula is C32H31BrF3N7O3. The Morgan fingerprint density at radius 1 is 1.15 bits per heavy atom. The Morgan fingerprint density at radius 2 is 1.91 bits per heavy atom. The van der Waals surface area contributed by atoms with E-state index < -0.39 is 29.4 Å². The van der Waals surface area contributed by atoms with Crippen LogP contribution in [0.15, 0.2) is 83.1 Å². The highest BCUT2D eigenvalue weighted by Gasteiger charge is 2.41. The van der Waals surface area contributed by atoms with Gasteiger partial charge in [0, 0.05) is 30.1 Å². The molecule has 240 valence electrons. The van der Waals surface area contributed by atoms with Crippen molar-refractivity contribution in [2.75, 3.05) is 32.6 Å². The molecule has 0 amide bonds. The topological polar surface area (TPSA) is 117 Å². The lowest BCUT2D eigenvalue weighted by molar-refractivity contribution is -0.138. The van der Waals surface area contributed by atoms with Crippen LogP contribution >= 0.6 is 0 Å². The number of allylic oxidation sites excluding steroid dienone is 1. The smallest absolute Gasteiger partial charge is 0.416 e. The first kappa shape index (κ1) is 34.1. The Balaban J connectivity index is 0.00000480. The van der Waals surface area contributed by atoms with Gasteiger partial charge < -0.3 is 21.7 Å². The molecule has 1 N–H and O–H groups in total. The summed E-state index contributed by atoms with van der Waals surface area (Å²) in [6.07, 6.45) is 0.0708. The molecule has 5 rings (SSSR count). The van der Waals surface area contributed by atoms with E-state index in [9.17, 15) is 28.0 Å². The molecule has 3 heterocycles. The number of benzene rings is 2. The number of methoxy groups -OCH3 is 1. The standard InChI is InChI=1S/C32H30F3N7O3.BrH/c1-20-27(29(43)45-4)28(41-30(38-39-31(41)44)40(20)24-10-5-9-23(17-24)32(33,34)35)26-13-12-21(18-36)16-22(26)8-7-15-42(2,3)25-11-6-14-37-19-25;/h5-6,9-14,16-17,19,28H,7-8,15H2,1-4H3;1H/t28-;/m1./s1. The number of aromatic amines is 1. The van der Waals surface area contributed by atoms with Crippen molar-refractivity contribution in [3.8, 4) is 6.07 Å². The van der Waals surface area contributed by atoms with Crippen LogP contribution in [0.4, 0.5) is 30.5 Å². The number of halogens is 4. The van der Waals surface area contributed by atoms with Crippen molar-refractivity contribution < 1.29 is 39.7 Å². The number of nitrogens with zero attached hydrogens (tertiary/aromatic N) is 6. The van der Waals surface area contributed by atoms with Crippen LogP contribution in [0.1, 0.15) is 41.6 Å². The summed E-state index contributed by atoms with van der Waals surface area (Å²) in [4.78, 5) is 32.4. The molecule has 0 saturated carbocycles. The minimum atomic E-state index is -4.62. The zero-order valence-electron chi connectivity index (χ0n) is 25.5. The number of hydrogen-bond acceptors (Lipinski definition) is 7. The summed E-state index contributed by atoms with van der Waals surface area (Å²) in [5, 5.41) is 16.3. The van der Waals surface area contributed by atoms with Crippen LogP contribution in [-0.4, -0.2) is 53.5 Å². The van der Waals surface area contributed by atoms with E-state index in [-0.39, 0.29) is 39.9 Å². The second-order valence-corrected chi connectivity index (χ2v) is 11.2. The van der Waals surface area contributed by atoms with Crippen molar-refractivity contribution >= 4 is 23.3 Å². The fourth-order valence-corrected chi connectivity index (χ4v) is 5.74. The molecule has 0 fully saturated rings. The highest BCUT2D eigenvalue weighted by Crippen LogP contribution is 2.43. The molecule has 0 radical (unpaired) electrons. The number of aryl methyl sites for hydroxylation is 1. The number of carbonyl (C=O) groups excluding carboxylic acids is 1. The number of H-pyrrole nitrogens is 1. The number of quaternary nitrogens is 1. The maximum atomic E-state index is 13.6. The zero-order valence-corrected chi connectivity index (χ0v) is 27.1. The van der Waals surface area contributed by atoms with E-state index in [2.05, 4.69) is 35.3 Å². The van der Waals surface area contributed by atoms with Gasteiger partial charge >= 0.3 is 17.8 Å². The molecule has 10 nitrogen and oxygen atoms in total. The molecule has 46 heavy (non-hydrogen) atoms.